The Morgan fingerprint density at radius 1 is 1.19 bits per heavy atom. The van der Waals surface area contributed by atoms with E-state index in [4.69, 9.17) is 4.74 Å². The van der Waals surface area contributed by atoms with Gasteiger partial charge in [-0.25, -0.2) is 0 Å². The molecular formula is C18H21NO2. The molecule has 1 atom stereocenters. The van der Waals surface area contributed by atoms with Gasteiger partial charge in [0.15, 0.2) is 0 Å². The Bertz CT molecular complexity index is 607. The third-order valence-electron chi connectivity index (χ3n) is 4.15. The van der Waals surface area contributed by atoms with Crippen LogP contribution in [0.1, 0.15) is 35.6 Å². The monoisotopic (exact) mass is 283 g/mol. The van der Waals surface area contributed by atoms with E-state index >= 15 is 0 Å². The minimum atomic E-state index is 0.314. The number of rotatable bonds is 4. The van der Waals surface area contributed by atoms with Gasteiger partial charge in [0.1, 0.15) is 11.5 Å². The van der Waals surface area contributed by atoms with E-state index < -0.39 is 0 Å². The smallest absolute Gasteiger partial charge is 0.119 e. The minimum Gasteiger partial charge on any atom is -0.508 e. The van der Waals surface area contributed by atoms with Crippen molar-refractivity contribution in [2.45, 2.75) is 31.8 Å². The van der Waals surface area contributed by atoms with Gasteiger partial charge in [0.05, 0.1) is 7.11 Å². The van der Waals surface area contributed by atoms with Crippen molar-refractivity contribution < 1.29 is 9.84 Å². The summed E-state index contributed by atoms with van der Waals surface area (Å²) in [5.41, 5.74) is 3.97. The number of benzene rings is 2. The standard InChI is InChI=1S/C18H21NO2/c1-21-16-9-10-17-14(11-16)3-2-4-18(17)19-12-13-5-7-15(20)8-6-13/h5-11,18-20H,2-4,12H2,1H3. The van der Waals surface area contributed by atoms with Crippen LogP contribution >= 0.6 is 0 Å². The molecule has 0 bridgehead atoms. The Hall–Kier alpha value is -2.00. The van der Waals surface area contributed by atoms with Gasteiger partial charge in [0.2, 0.25) is 0 Å². The molecule has 0 fully saturated rings. The molecule has 0 aromatic heterocycles. The minimum absolute atomic E-state index is 0.314. The summed E-state index contributed by atoms with van der Waals surface area (Å²) in [6, 6.07) is 14.2. The van der Waals surface area contributed by atoms with Crippen LogP contribution in [0.3, 0.4) is 0 Å². The number of hydrogen-bond donors (Lipinski definition) is 2. The lowest BCUT2D eigenvalue weighted by Crippen LogP contribution is -2.24. The number of fused-ring (bicyclic) bond motifs is 1. The second kappa shape index (κ2) is 6.19. The number of aryl methyl sites for hydroxylation is 1. The molecule has 0 aliphatic heterocycles. The Morgan fingerprint density at radius 3 is 2.76 bits per heavy atom. The van der Waals surface area contributed by atoms with Crippen molar-refractivity contribution in [3.8, 4) is 11.5 Å². The average Bonchev–Trinajstić information content (AvgIpc) is 2.53. The van der Waals surface area contributed by atoms with Crippen molar-refractivity contribution >= 4 is 0 Å². The quantitative estimate of drug-likeness (QED) is 0.901. The predicted octanol–water partition coefficient (Wildman–Crippen LogP) is 3.57. The van der Waals surface area contributed by atoms with Gasteiger partial charge in [0.25, 0.3) is 0 Å². The molecule has 2 aromatic rings. The van der Waals surface area contributed by atoms with Crippen molar-refractivity contribution in [1.82, 2.24) is 5.32 Å². The van der Waals surface area contributed by atoms with Crippen LogP contribution < -0.4 is 10.1 Å². The van der Waals surface area contributed by atoms with Crippen LogP contribution in [0.15, 0.2) is 42.5 Å². The van der Waals surface area contributed by atoms with Gasteiger partial charge in [-0.15, -0.1) is 0 Å². The average molecular weight is 283 g/mol. The fourth-order valence-electron chi connectivity index (χ4n) is 2.98. The summed E-state index contributed by atoms with van der Waals surface area (Å²) in [5.74, 6) is 1.25. The van der Waals surface area contributed by atoms with E-state index in [2.05, 4.69) is 17.4 Å². The zero-order valence-corrected chi connectivity index (χ0v) is 12.3. The van der Waals surface area contributed by atoms with Crippen molar-refractivity contribution in [2.24, 2.45) is 0 Å². The van der Waals surface area contributed by atoms with Crippen LogP contribution in [0, 0.1) is 0 Å². The van der Waals surface area contributed by atoms with E-state index in [1.165, 1.54) is 23.1 Å². The number of ether oxygens (including phenoxy) is 1. The van der Waals surface area contributed by atoms with Crippen LogP contribution in [0.2, 0.25) is 0 Å². The highest BCUT2D eigenvalue weighted by atomic mass is 16.5. The highest BCUT2D eigenvalue weighted by Crippen LogP contribution is 2.32. The molecule has 1 unspecified atom stereocenters. The normalized spacial score (nSPS) is 17.3. The Balaban J connectivity index is 1.71. The fourth-order valence-corrected chi connectivity index (χ4v) is 2.98. The van der Waals surface area contributed by atoms with Crippen LogP contribution in [-0.4, -0.2) is 12.2 Å². The summed E-state index contributed by atoms with van der Waals surface area (Å²) >= 11 is 0. The van der Waals surface area contributed by atoms with Gasteiger partial charge in [-0.05, 0) is 60.2 Å². The van der Waals surface area contributed by atoms with E-state index in [9.17, 15) is 5.11 Å². The molecule has 21 heavy (non-hydrogen) atoms. The number of phenolic OH excluding ortho intramolecular Hbond substituents is 1. The topological polar surface area (TPSA) is 41.5 Å². The van der Waals surface area contributed by atoms with Crippen LogP contribution in [0.4, 0.5) is 0 Å². The highest BCUT2D eigenvalue weighted by molar-refractivity contribution is 5.39. The van der Waals surface area contributed by atoms with Crippen LogP contribution in [0.5, 0.6) is 11.5 Å². The summed E-state index contributed by atoms with van der Waals surface area (Å²) in [6.07, 6.45) is 3.49. The SMILES string of the molecule is COc1ccc2c(c1)CCCC2NCc1ccc(O)cc1. The Labute approximate surface area is 125 Å². The van der Waals surface area contributed by atoms with Crippen LogP contribution in [0.25, 0.3) is 0 Å². The first-order valence-corrected chi connectivity index (χ1v) is 7.44. The van der Waals surface area contributed by atoms with Gasteiger partial charge in [-0.3, -0.25) is 0 Å². The molecule has 2 aromatic carbocycles. The molecule has 0 heterocycles. The zero-order chi connectivity index (χ0) is 14.7. The molecule has 3 heteroatoms. The molecule has 1 aliphatic rings. The van der Waals surface area contributed by atoms with E-state index in [0.29, 0.717) is 11.8 Å². The molecule has 110 valence electrons. The van der Waals surface area contributed by atoms with E-state index in [1.807, 2.05) is 18.2 Å². The number of methoxy groups -OCH3 is 1. The maximum absolute atomic E-state index is 9.32. The van der Waals surface area contributed by atoms with Crippen molar-refractivity contribution in [3.05, 3.63) is 59.2 Å². The summed E-state index contributed by atoms with van der Waals surface area (Å²) in [4.78, 5) is 0. The van der Waals surface area contributed by atoms with Crippen molar-refractivity contribution in [3.63, 3.8) is 0 Å². The number of aromatic hydroxyl groups is 1. The lowest BCUT2D eigenvalue weighted by Gasteiger charge is -2.27. The Morgan fingerprint density at radius 2 is 2.00 bits per heavy atom. The molecule has 3 rings (SSSR count). The number of hydrogen-bond acceptors (Lipinski definition) is 3. The fraction of sp³-hybridized carbons (Fsp3) is 0.333. The number of phenols is 1. The summed E-state index contributed by atoms with van der Waals surface area (Å²) in [5, 5.41) is 12.9. The predicted molar refractivity (Wildman–Crippen MR) is 83.6 cm³/mol. The molecule has 0 saturated carbocycles. The third-order valence-corrected chi connectivity index (χ3v) is 4.15. The first-order chi connectivity index (χ1) is 10.3. The summed E-state index contributed by atoms with van der Waals surface area (Å²) in [6.45, 7) is 0.816. The second-order valence-corrected chi connectivity index (χ2v) is 5.56. The molecule has 0 radical (unpaired) electrons. The first kappa shape index (κ1) is 14.0. The van der Waals surface area contributed by atoms with Gasteiger partial charge < -0.3 is 15.2 Å². The lowest BCUT2D eigenvalue weighted by atomic mass is 9.87. The molecule has 3 nitrogen and oxygen atoms in total. The third kappa shape index (κ3) is 3.19. The molecular weight excluding hydrogens is 262 g/mol. The maximum Gasteiger partial charge on any atom is 0.119 e. The van der Waals surface area contributed by atoms with Gasteiger partial charge in [0, 0.05) is 12.6 Å². The van der Waals surface area contributed by atoms with Gasteiger partial charge >= 0.3 is 0 Å². The molecule has 1 aliphatic carbocycles. The first-order valence-electron chi connectivity index (χ1n) is 7.44. The molecule has 2 N–H and O–H groups in total. The largest absolute Gasteiger partial charge is 0.508 e. The number of nitrogens with one attached hydrogen (secondary N) is 1. The van der Waals surface area contributed by atoms with E-state index in [-0.39, 0.29) is 0 Å². The molecule has 0 saturated heterocycles. The second-order valence-electron chi connectivity index (χ2n) is 5.56. The molecule has 0 spiro atoms. The zero-order valence-electron chi connectivity index (χ0n) is 12.3. The highest BCUT2D eigenvalue weighted by Gasteiger charge is 2.20. The van der Waals surface area contributed by atoms with E-state index in [0.717, 1.165) is 25.1 Å². The van der Waals surface area contributed by atoms with Gasteiger partial charge in [-0.2, -0.15) is 0 Å². The van der Waals surface area contributed by atoms with Crippen molar-refractivity contribution in [1.29, 1.82) is 0 Å². The lowest BCUT2D eigenvalue weighted by molar-refractivity contribution is 0.410. The van der Waals surface area contributed by atoms with Gasteiger partial charge in [-0.1, -0.05) is 18.2 Å². The molecule has 0 amide bonds. The van der Waals surface area contributed by atoms with Crippen LogP contribution in [-0.2, 0) is 13.0 Å². The Kier molecular flexibility index (Phi) is 4.11. The summed E-state index contributed by atoms with van der Waals surface area (Å²) in [7, 11) is 1.71. The summed E-state index contributed by atoms with van der Waals surface area (Å²) < 4.78 is 5.31. The van der Waals surface area contributed by atoms with E-state index in [1.54, 1.807) is 19.2 Å². The maximum atomic E-state index is 9.32. The van der Waals surface area contributed by atoms with Crippen molar-refractivity contribution in [2.75, 3.05) is 7.11 Å².